The zero-order valence-corrected chi connectivity index (χ0v) is 8.12. The molecule has 2 unspecified atom stereocenters. The van der Waals surface area contributed by atoms with E-state index in [4.69, 9.17) is 4.42 Å². The van der Waals surface area contributed by atoms with Crippen LogP contribution in [0.2, 0.25) is 0 Å². The molecule has 1 heterocycles. The first-order chi connectivity index (χ1) is 6.34. The van der Waals surface area contributed by atoms with E-state index in [9.17, 15) is 0 Å². The molecule has 0 bridgehead atoms. The summed E-state index contributed by atoms with van der Waals surface area (Å²) in [6, 6.07) is 2.75. The smallest absolute Gasteiger partial charge is 0.0947 e. The monoisotopic (exact) mass is 179 g/mol. The Balaban J connectivity index is 1.74. The third-order valence-electron chi connectivity index (χ3n) is 2.87. The van der Waals surface area contributed by atoms with Gasteiger partial charge in [-0.15, -0.1) is 0 Å². The number of hydrogen-bond acceptors (Lipinski definition) is 2. The van der Waals surface area contributed by atoms with Gasteiger partial charge in [-0.1, -0.05) is 6.92 Å². The standard InChI is InChI=1S/C11H17NO/c1-9-2-3-11(6-9)12-7-10-4-5-13-8-10/h4-5,8-9,11-12H,2-3,6-7H2,1H3. The van der Waals surface area contributed by atoms with E-state index in [0.29, 0.717) is 0 Å². The maximum atomic E-state index is 5.01. The average molecular weight is 179 g/mol. The van der Waals surface area contributed by atoms with E-state index in [-0.39, 0.29) is 0 Å². The summed E-state index contributed by atoms with van der Waals surface area (Å²) >= 11 is 0. The van der Waals surface area contributed by atoms with Gasteiger partial charge >= 0.3 is 0 Å². The molecule has 13 heavy (non-hydrogen) atoms. The predicted octanol–water partition coefficient (Wildman–Crippen LogP) is 2.56. The minimum Gasteiger partial charge on any atom is -0.472 e. The van der Waals surface area contributed by atoms with Gasteiger partial charge in [0.2, 0.25) is 0 Å². The summed E-state index contributed by atoms with van der Waals surface area (Å²) in [6.45, 7) is 3.29. The molecular weight excluding hydrogens is 162 g/mol. The summed E-state index contributed by atoms with van der Waals surface area (Å²) in [6.07, 6.45) is 7.58. The van der Waals surface area contributed by atoms with Gasteiger partial charge in [0.15, 0.2) is 0 Å². The van der Waals surface area contributed by atoms with Crippen molar-refractivity contribution in [2.24, 2.45) is 5.92 Å². The van der Waals surface area contributed by atoms with E-state index in [1.807, 2.05) is 12.3 Å². The van der Waals surface area contributed by atoms with Gasteiger partial charge in [0.05, 0.1) is 12.5 Å². The van der Waals surface area contributed by atoms with Gasteiger partial charge in [-0.05, 0) is 31.2 Å². The third kappa shape index (κ3) is 2.34. The van der Waals surface area contributed by atoms with Crippen molar-refractivity contribution in [3.63, 3.8) is 0 Å². The second-order valence-electron chi connectivity index (χ2n) is 4.13. The molecule has 0 spiro atoms. The Morgan fingerprint density at radius 3 is 3.08 bits per heavy atom. The Bertz CT molecular complexity index is 243. The molecule has 1 fully saturated rings. The zero-order chi connectivity index (χ0) is 9.10. The van der Waals surface area contributed by atoms with Crippen LogP contribution in [0.3, 0.4) is 0 Å². The molecule has 1 aromatic rings. The largest absolute Gasteiger partial charge is 0.472 e. The lowest BCUT2D eigenvalue weighted by Gasteiger charge is -2.10. The van der Waals surface area contributed by atoms with Crippen LogP contribution in [-0.2, 0) is 6.54 Å². The highest BCUT2D eigenvalue weighted by molar-refractivity contribution is 5.04. The van der Waals surface area contributed by atoms with Crippen molar-refractivity contribution in [1.82, 2.24) is 5.32 Å². The van der Waals surface area contributed by atoms with Crippen LogP contribution in [0, 0.1) is 5.92 Å². The molecule has 1 aliphatic carbocycles. The zero-order valence-electron chi connectivity index (χ0n) is 8.12. The lowest BCUT2D eigenvalue weighted by Crippen LogP contribution is -2.25. The van der Waals surface area contributed by atoms with Crippen molar-refractivity contribution in [2.45, 2.75) is 38.8 Å². The fourth-order valence-corrected chi connectivity index (χ4v) is 2.05. The summed E-state index contributed by atoms with van der Waals surface area (Å²) in [7, 11) is 0. The van der Waals surface area contributed by atoms with Crippen LogP contribution in [0.25, 0.3) is 0 Å². The van der Waals surface area contributed by atoms with Crippen LogP contribution in [0.4, 0.5) is 0 Å². The molecule has 1 saturated carbocycles. The van der Waals surface area contributed by atoms with Gasteiger partial charge in [0, 0.05) is 18.2 Å². The van der Waals surface area contributed by atoms with Crippen molar-refractivity contribution in [2.75, 3.05) is 0 Å². The first-order valence-corrected chi connectivity index (χ1v) is 5.09. The second kappa shape index (κ2) is 3.97. The summed E-state index contributed by atoms with van der Waals surface area (Å²) in [5, 5.41) is 3.55. The Hall–Kier alpha value is -0.760. The lowest BCUT2D eigenvalue weighted by molar-refractivity contribution is 0.498. The molecule has 2 rings (SSSR count). The molecule has 0 aliphatic heterocycles. The van der Waals surface area contributed by atoms with E-state index in [2.05, 4.69) is 12.2 Å². The van der Waals surface area contributed by atoms with Crippen molar-refractivity contribution in [1.29, 1.82) is 0 Å². The maximum absolute atomic E-state index is 5.01. The molecule has 0 saturated heterocycles. The van der Waals surface area contributed by atoms with Crippen molar-refractivity contribution >= 4 is 0 Å². The molecule has 2 heteroatoms. The lowest BCUT2D eigenvalue weighted by atomic mass is 10.1. The van der Waals surface area contributed by atoms with Crippen LogP contribution in [-0.4, -0.2) is 6.04 Å². The number of rotatable bonds is 3. The summed E-state index contributed by atoms with van der Waals surface area (Å²) in [4.78, 5) is 0. The minimum absolute atomic E-state index is 0.727. The SMILES string of the molecule is CC1CCC(NCc2ccoc2)C1. The molecule has 0 amide bonds. The van der Waals surface area contributed by atoms with Crippen LogP contribution >= 0.6 is 0 Å². The average Bonchev–Trinajstić information content (AvgIpc) is 2.71. The molecule has 2 atom stereocenters. The van der Waals surface area contributed by atoms with Crippen molar-refractivity contribution in [3.05, 3.63) is 24.2 Å². The number of hydrogen-bond donors (Lipinski definition) is 1. The first-order valence-electron chi connectivity index (χ1n) is 5.09. The molecular formula is C11H17NO. The van der Waals surface area contributed by atoms with E-state index in [0.717, 1.165) is 18.5 Å². The highest BCUT2D eigenvalue weighted by Crippen LogP contribution is 2.24. The maximum Gasteiger partial charge on any atom is 0.0947 e. The molecule has 72 valence electrons. The third-order valence-corrected chi connectivity index (χ3v) is 2.87. The highest BCUT2D eigenvalue weighted by atomic mass is 16.3. The number of furan rings is 1. The first kappa shape index (κ1) is 8.82. The molecule has 0 aromatic carbocycles. The quantitative estimate of drug-likeness (QED) is 0.771. The van der Waals surface area contributed by atoms with Crippen LogP contribution in [0.1, 0.15) is 31.7 Å². The van der Waals surface area contributed by atoms with E-state index in [1.165, 1.54) is 24.8 Å². The van der Waals surface area contributed by atoms with Gasteiger partial charge in [-0.3, -0.25) is 0 Å². The van der Waals surface area contributed by atoms with Gasteiger partial charge in [0.25, 0.3) is 0 Å². The van der Waals surface area contributed by atoms with Gasteiger partial charge in [-0.2, -0.15) is 0 Å². The Kier molecular flexibility index (Phi) is 2.69. The Labute approximate surface area is 79.3 Å². The Morgan fingerprint density at radius 2 is 2.46 bits per heavy atom. The fraction of sp³-hybridized carbons (Fsp3) is 0.636. The molecule has 1 aliphatic rings. The summed E-state index contributed by atoms with van der Waals surface area (Å²) in [5.74, 6) is 0.904. The van der Waals surface area contributed by atoms with Gasteiger partial charge in [-0.25, -0.2) is 0 Å². The van der Waals surface area contributed by atoms with Gasteiger partial charge < -0.3 is 9.73 Å². The van der Waals surface area contributed by atoms with Crippen LogP contribution in [0.5, 0.6) is 0 Å². The second-order valence-corrected chi connectivity index (χ2v) is 4.13. The van der Waals surface area contributed by atoms with Crippen molar-refractivity contribution < 1.29 is 4.42 Å². The number of nitrogens with one attached hydrogen (secondary N) is 1. The Morgan fingerprint density at radius 1 is 1.54 bits per heavy atom. The summed E-state index contributed by atoms with van der Waals surface area (Å²) in [5.41, 5.74) is 1.25. The predicted molar refractivity (Wildman–Crippen MR) is 52.4 cm³/mol. The van der Waals surface area contributed by atoms with Crippen LogP contribution < -0.4 is 5.32 Å². The van der Waals surface area contributed by atoms with E-state index >= 15 is 0 Å². The normalized spacial score (nSPS) is 28.1. The topological polar surface area (TPSA) is 25.2 Å². The molecule has 2 nitrogen and oxygen atoms in total. The van der Waals surface area contributed by atoms with E-state index < -0.39 is 0 Å². The van der Waals surface area contributed by atoms with Crippen molar-refractivity contribution in [3.8, 4) is 0 Å². The molecule has 0 radical (unpaired) electrons. The van der Waals surface area contributed by atoms with Crippen LogP contribution in [0.15, 0.2) is 23.0 Å². The van der Waals surface area contributed by atoms with E-state index in [1.54, 1.807) is 6.26 Å². The van der Waals surface area contributed by atoms with Gasteiger partial charge in [0.1, 0.15) is 0 Å². The fourth-order valence-electron chi connectivity index (χ4n) is 2.05. The minimum atomic E-state index is 0.727. The molecule has 1 aromatic heterocycles. The summed E-state index contributed by atoms with van der Waals surface area (Å²) < 4.78 is 5.01. The highest BCUT2D eigenvalue weighted by Gasteiger charge is 2.20. The molecule has 1 N–H and O–H groups in total.